The molecule has 0 nitrogen and oxygen atoms in total. The lowest BCUT2D eigenvalue weighted by Crippen LogP contribution is -2.21. The largest absolute Gasteiger partial charge is 0.0845 e. The average molecular weight is 242 g/mol. The Morgan fingerprint density at radius 3 is 2.17 bits per heavy atom. The summed E-state index contributed by atoms with van der Waals surface area (Å²) in [7, 11) is 0. The second-order valence-electron chi connectivity index (χ2n) is 5.99. The summed E-state index contributed by atoms with van der Waals surface area (Å²) in [6.45, 7) is 11.6. The van der Waals surface area contributed by atoms with Crippen LogP contribution in [-0.2, 0) is 0 Å². The SMILES string of the molecule is CC1=C(C)C(C)(C2=CC=CCCCC2)C(C)=C1C. The van der Waals surface area contributed by atoms with Crippen molar-refractivity contribution < 1.29 is 0 Å². The summed E-state index contributed by atoms with van der Waals surface area (Å²) in [6, 6.07) is 0. The molecule has 0 aromatic rings. The van der Waals surface area contributed by atoms with Crippen LogP contribution in [0.15, 0.2) is 46.1 Å². The molecule has 0 saturated carbocycles. The van der Waals surface area contributed by atoms with Crippen LogP contribution < -0.4 is 0 Å². The lowest BCUT2D eigenvalue weighted by Gasteiger charge is -2.33. The standard InChI is InChI=1S/C18H26/c1-13-14(2)16(4)18(5,15(13)3)17-11-9-7-6-8-10-12-17/h7,9,11H,6,8,10,12H2,1-5H3. The highest BCUT2D eigenvalue weighted by Crippen LogP contribution is 2.52. The van der Waals surface area contributed by atoms with Gasteiger partial charge < -0.3 is 0 Å². The summed E-state index contributed by atoms with van der Waals surface area (Å²) in [5.41, 5.74) is 7.89. The second-order valence-corrected chi connectivity index (χ2v) is 5.99. The highest BCUT2D eigenvalue weighted by atomic mass is 14.4. The maximum Gasteiger partial charge on any atom is 0.0310 e. The van der Waals surface area contributed by atoms with Gasteiger partial charge in [-0.1, -0.05) is 34.9 Å². The minimum absolute atomic E-state index is 0.176. The van der Waals surface area contributed by atoms with Crippen molar-refractivity contribution >= 4 is 0 Å². The predicted octanol–water partition coefficient (Wildman–Crippen LogP) is 5.74. The average Bonchev–Trinajstić information content (AvgIpc) is 2.46. The van der Waals surface area contributed by atoms with E-state index in [4.69, 9.17) is 0 Å². The van der Waals surface area contributed by atoms with Gasteiger partial charge in [0.15, 0.2) is 0 Å². The Bertz CT molecular complexity index is 442. The molecule has 2 aliphatic rings. The zero-order chi connectivity index (χ0) is 13.3. The van der Waals surface area contributed by atoms with E-state index in [1.54, 1.807) is 16.7 Å². The van der Waals surface area contributed by atoms with Gasteiger partial charge in [-0.25, -0.2) is 0 Å². The fourth-order valence-corrected chi connectivity index (χ4v) is 3.43. The molecule has 0 aliphatic heterocycles. The molecule has 0 unspecified atom stereocenters. The minimum Gasteiger partial charge on any atom is -0.0845 e. The third kappa shape index (κ3) is 1.92. The Hall–Kier alpha value is -1.04. The van der Waals surface area contributed by atoms with Gasteiger partial charge in [-0.3, -0.25) is 0 Å². The maximum atomic E-state index is 2.42. The van der Waals surface area contributed by atoms with Gasteiger partial charge in [0.05, 0.1) is 0 Å². The zero-order valence-corrected chi connectivity index (χ0v) is 12.6. The molecule has 0 amide bonds. The van der Waals surface area contributed by atoms with E-state index in [9.17, 15) is 0 Å². The van der Waals surface area contributed by atoms with E-state index in [0.717, 1.165) is 0 Å². The van der Waals surface area contributed by atoms with Crippen molar-refractivity contribution in [1.82, 2.24) is 0 Å². The Balaban J connectivity index is 2.48. The first-order valence-corrected chi connectivity index (χ1v) is 7.22. The van der Waals surface area contributed by atoms with E-state index >= 15 is 0 Å². The van der Waals surface area contributed by atoms with Crippen LogP contribution in [0.4, 0.5) is 0 Å². The zero-order valence-electron chi connectivity index (χ0n) is 12.6. The minimum atomic E-state index is 0.176. The highest BCUT2D eigenvalue weighted by molar-refractivity contribution is 5.55. The Kier molecular flexibility index (Phi) is 3.66. The molecule has 18 heavy (non-hydrogen) atoms. The lowest BCUT2D eigenvalue weighted by atomic mass is 9.71. The summed E-state index contributed by atoms with van der Waals surface area (Å²) in [6.07, 6.45) is 12.1. The molecule has 0 N–H and O–H groups in total. The van der Waals surface area contributed by atoms with E-state index < -0.39 is 0 Å². The number of allylic oxidation sites excluding steroid dienone is 8. The lowest BCUT2D eigenvalue weighted by molar-refractivity contribution is 0.538. The van der Waals surface area contributed by atoms with Crippen LogP contribution in [0, 0.1) is 5.41 Å². The van der Waals surface area contributed by atoms with E-state index in [1.807, 2.05) is 0 Å². The molecule has 0 bridgehead atoms. The molecule has 0 heteroatoms. The quantitative estimate of drug-likeness (QED) is 0.550. The van der Waals surface area contributed by atoms with Crippen LogP contribution in [0.3, 0.4) is 0 Å². The molecule has 2 rings (SSSR count). The fourth-order valence-electron chi connectivity index (χ4n) is 3.43. The Morgan fingerprint density at radius 2 is 1.56 bits per heavy atom. The molecule has 0 aromatic heterocycles. The van der Waals surface area contributed by atoms with E-state index in [0.29, 0.717) is 0 Å². The van der Waals surface area contributed by atoms with E-state index in [-0.39, 0.29) is 5.41 Å². The highest BCUT2D eigenvalue weighted by Gasteiger charge is 2.38. The van der Waals surface area contributed by atoms with E-state index in [2.05, 4.69) is 52.8 Å². The summed E-state index contributed by atoms with van der Waals surface area (Å²) >= 11 is 0. The van der Waals surface area contributed by atoms with Gasteiger partial charge in [-0.2, -0.15) is 0 Å². The summed E-state index contributed by atoms with van der Waals surface area (Å²) in [5, 5.41) is 0. The smallest absolute Gasteiger partial charge is 0.0310 e. The van der Waals surface area contributed by atoms with Gasteiger partial charge in [0.2, 0.25) is 0 Å². The molecule has 98 valence electrons. The predicted molar refractivity (Wildman–Crippen MR) is 80.5 cm³/mol. The number of rotatable bonds is 1. The third-order valence-corrected chi connectivity index (χ3v) is 5.33. The van der Waals surface area contributed by atoms with Crippen LogP contribution in [-0.4, -0.2) is 0 Å². The molecule has 0 saturated heterocycles. The molecule has 0 spiro atoms. The van der Waals surface area contributed by atoms with Gasteiger partial charge in [0.1, 0.15) is 0 Å². The van der Waals surface area contributed by atoms with Gasteiger partial charge in [0, 0.05) is 5.41 Å². The first kappa shape index (κ1) is 13.4. The normalized spacial score (nSPS) is 24.2. The summed E-state index contributed by atoms with van der Waals surface area (Å²) in [5.74, 6) is 0. The van der Waals surface area contributed by atoms with Crippen molar-refractivity contribution in [3.63, 3.8) is 0 Å². The molecule has 0 atom stereocenters. The van der Waals surface area contributed by atoms with Crippen LogP contribution in [0.2, 0.25) is 0 Å². The van der Waals surface area contributed by atoms with Crippen molar-refractivity contribution in [1.29, 1.82) is 0 Å². The van der Waals surface area contributed by atoms with Crippen LogP contribution in [0.5, 0.6) is 0 Å². The summed E-state index contributed by atoms with van der Waals surface area (Å²) < 4.78 is 0. The van der Waals surface area contributed by atoms with E-state index in [1.165, 1.54) is 36.8 Å². The molecular formula is C18H26. The second kappa shape index (κ2) is 4.91. The topological polar surface area (TPSA) is 0 Å². The Labute approximate surface area is 112 Å². The van der Waals surface area contributed by atoms with Crippen molar-refractivity contribution in [2.75, 3.05) is 0 Å². The van der Waals surface area contributed by atoms with Gasteiger partial charge >= 0.3 is 0 Å². The monoisotopic (exact) mass is 242 g/mol. The maximum absolute atomic E-state index is 2.42. The molecule has 2 aliphatic carbocycles. The van der Waals surface area contributed by atoms with Crippen LogP contribution in [0.25, 0.3) is 0 Å². The number of hydrogen-bond acceptors (Lipinski definition) is 0. The first-order valence-electron chi connectivity index (χ1n) is 7.22. The van der Waals surface area contributed by atoms with Gasteiger partial charge in [-0.15, -0.1) is 0 Å². The van der Waals surface area contributed by atoms with Crippen LogP contribution >= 0.6 is 0 Å². The molecule has 0 radical (unpaired) electrons. The fraction of sp³-hybridized carbons (Fsp3) is 0.556. The summed E-state index contributed by atoms with van der Waals surface area (Å²) in [4.78, 5) is 0. The van der Waals surface area contributed by atoms with Crippen molar-refractivity contribution in [2.24, 2.45) is 5.41 Å². The van der Waals surface area contributed by atoms with Gasteiger partial charge in [-0.05, 0) is 71.4 Å². The van der Waals surface area contributed by atoms with Crippen molar-refractivity contribution in [3.8, 4) is 0 Å². The number of hydrogen-bond donors (Lipinski definition) is 0. The molecular weight excluding hydrogens is 216 g/mol. The van der Waals surface area contributed by atoms with Gasteiger partial charge in [0.25, 0.3) is 0 Å². The van der Waals surface area contributed by atoms with Crippen molar-refractivity contribution in [3.05, 3.63) is 46.1 Å². The van der Waals surface area contributed by atoms with Crippen LogP contribution in [0.1, 0.15) is 60.3 Å². The molecule has 0 aromatic carbocycles. The third-order valence-electron chi connectivity index (χ3n) is 5.33. The molecule has 0 heterocycles. The first-order chi connectivity index (χ1) is 8.49. The van der Waals surface area contributed by atoms with Crippen molar-refractivity contribution in [2.45, 2.75) is 60.3 Å². The molecule has 0 fully saturated rings. The Morgan fingerprint density at radius 1 is 0.944 bits per heavy atom.